The van der Waals surface area contributed by atoms with E-state index in [9.17, 15) is 4.39 Å². The predicted octanol–water partition coefficient (Wildman–Crippen LogP) is 2.85. The molecule has 1 heterocycles. The number of nitrogens with zero attached hydrogens (tertiary/aromatic N) is 1. The molecule has 0 amide bonds. The molecule has 1 aromatic heterocycles. The van der Waals surface area contributed by atoms with E-state index in [0.717, 1.165) is 5.56 Å². The molecule has 0 saturated carbocycles. The van der Waals surface area contributed by atoms with Crippen LogP contribution in [-0.2, 0) is 0 Å². The molecule has 4 heteroatoms. The average Bonchev–Trinajstić information content (AvgIpc) is 2.15. The van der Waals surface area contributed by atoms with Crippen molar-refractivity contribution in [1.82, 2.24) is 4.98 Å². The molecule has 1 aromatic carbocycles. The number of aryl methyl sites for hydroxylation is 1. The van der Waals surface area contributed by atoms with Crippen LogP contribution < -0.4 is 11.1 Å². The van der Waals surface area contributed by atoms with Crippen molar-refractivity contribution in [3.63, 3.8) is 0 Å². The van der Waals surface area contributed by atoms with Gasteiger partial charge in [-0.05, 0) is 42.8 Å². The van der Waals surface area contributed by atoms with E-state index in [1.807, 2.05) is 13.0 Å². The normalized spacial score (nSPS) is 10.1. The van der Waals surface area contributed by atoms with E-state index >= 15 is 0 Å². The third-order valence-electron chi connectivity index (χ3n) is 2.09. The van der Waals surface area contributed by atoms with Crippen molar-refractivity contribution in [2.24, 2.45) is 0 Å². The van der Waals surface area contributed by atoms with E-state index in [2.05, 4.69) is 10.3 Å². The maximum absolute atomic E-state index is 13.1. The molecule has 3 nitrogen and oxygen atoms in total. The largest absolute Gasteiger partial charge is 0.384 e. The van der Waals surface area contributed by atoms with E-state index in [4.69, 9.17) is 5.73 Å². The highest BCUT2D eigenvalue weighted by Crippen LogP contribution is 2.18. The molecule has 0 radical (unpaired) electrons. The van der Waals surface area contributed by atoms with Gasteiger partial charge in [-0.3, -0.25) is 0 Å². The predicted molar refractivity (Wildman–Crippen MR) is 63.1 cm³/mol. The number of anilines is 3. The minimum absolute atomic E-state index is 0.272. The molecule has 0 unspecified atom stereocenters. The van der Waals surface area contributed by atoms with Gasteiger partial charge in [0.05, 0.1) is 0 Å². The van der Waals surface area contributed by atoms with E-state index in [1.54, 1.807) is 18.2 Å². The zero-order chi connectivity index (χ0) is 11.5. The number of nitrogens with two attached hydrogens (primary N) is 1. The van der Waals surface area contributed by atoms with Crippen LogP contribution in [0.1, 0.15) is 5.56 Å². The summed E-state index contributed by atoms with van der Waals surface area (Å²) < 4.78 is 13.1. The molecule has 0 aliphatic rings. The molecule has 0 fully saturated rings. The SMILES string of the molecule is Cc1cc(F)cc(Nc2cccc(N)n2)c1. The highest BCUT2D eigenvalue weighted by atomic mass is 19.1. The first kappa shape index (κ1) is 10.4. The first-order valence-corrected chi connectivity index (χ1v) is 4.90. The van der Waals surface area contributed by atoms with Gasteiger partial charge in [-0.1, -0.05) is 6.07 Å². The van der Waals surface area contributed by atoms with Crippen LogP contribution in [0.5, 0.6) is 0 Å². The van der Waals surface area contributed by atoms with Gasteiger partial charge in [0.2, 0.25) is 0 Å². The second-order valence-electron chi connectivity index (χ2n) is 3.59. The number of benzene rings is 1. The number of hydrogen-bond donors (Lipinski definition) is 2. The standard InChI is InChI=1S/C12H12FN3/c1-8-5-9(13)7-10(6-8)15-12-4-2-3-11(14)16-12/h2-7H,1H3,(H3,14,15,16). The summed E-state index contributed by atoms with van der Waals surface area (Å²) in [5.41, 5.74) is 7.06. The van der Waals surface area contributed by atoms with Gasteiger partial charge in [0.25, 0.3) is 0 Å². The fourth-order valence-electron chi connectivity index (χ4n) is 1.48. The number of nitrogen functional groups attached to an aromatic ring is 1. The molecule has 0 aliphatic carbocycles. The van der Waals surface area contributed by atoms with Gasteiger partial charge in [-0.25, -0.2) is 9.37 Å². The molecular weight excluding hydrogens is 205 g/mol. The van der Waals surface area contributed by atoms with Crippen LogP contribution in [0.15, 0.2) is 36.4 Å². The van der Waals surface area contributed by atoms with Crippen LogP contribution in [0.2, 0.25) is 0 Å². The molecule has 0 spiro atoms. The monoisotopic (exact) mass is 217 g/mol. The Kier molecular flexibility index (Phi) is 2.72. The Morgan fingerprint density at radius 1 is 1.25 bits per heavy atom. The summed E-state index contributed by atoms with van der Waals surface area (Å²) in [5.74, 6) is 0.759. The van der Waals surface area contributed by atoms with Crippen LogP contribution in [0.4, 0.5) is 21.7 Å². The molecule has 0 atom stereocenters. The molecule has 0 saturated heterocycles. The maximum Gasteiger partial charge on any atom is 0.132 e. The van der Waals surface area contributed by atoms with Gasteiger partial charge in [-0.15, -0.1) is 0 Å². The van der Waals surface area contributed by atoms with Crippen LogP contribution in [0, 0.1) is 12.7 Å². The van der Waals surface area contributed by atoms with Crippen LogP contribution in [0.25, 0.3) is 0 Å². The Morgan fingerprint density at radius 2 is 2.06 bits per heavy atom. The molecule has 0 aliphatic heterocycles. The van der Waals surface area contributed by atoms with Gasteiger partial charge in [0, 0.05) is 5.69 Å². The Morgan fingerprint density at radius 3 is 2.75 bits per heavy atom. The van der Waals surface area contributed by atoms with Crippen molar-refractivity contribution < 1.29 is 4.39 Å². The quantitative estimate of drug-likeness (QED) is 0.813. The molecule has 16 heavy (non-hydrogen) atoms. The number of halogens is 1. The van der Waals surface area contributed by atoms with Gasteiger partial charge >= 0.3 is 0 Å². The zero-order valence-electron chi connectivity index (χ0n) is 8.87. The second kappa shape index (κ2) is 4.18. The Labute approximate surface area is 93.1 Å². The van der Waals surface area contributed by atoms with Crippen LogP contribution in [-0.4, -0.2) is 4.98 Å². The van der Waals surface area contributed by atoms with Gasteiger partial charge in [-0.2, -0.15) is 0 Å². The van der Waals surface area contributed by atoms with E-state index in [-0.39, 0.29) is 5.82 Å². The molecule has 3 N–H and O–H groups in total. The lowest BCUT2D eigenvalue weighted by Gasteiger charge is -2.07. The highest BCUT2D eigenvalue weighted by molar-refractivity contribution is 5.58. The third-order valence-corrected chi connectivity index (χ3v) is 2.09. The highest BCUT2D eigenvalue weighted by Gasteiger charge is 1.99. The van der Waals surface area contributed by atoms with Crippen molar-refractivity contribution in [3.05, 3.63) is 47.8 Å². The number of pyridine rings is 1. The van der Waals surface area contributed by atoms with Gasteiger partial charge < -0.3 is 11.1 Å². The van der Waals surface area contributed by atoms with Crippen LogP contribution in [0.3, 0.4) is 0 Å². The van der Waals surface area contributed by atoms with Crippen molar-refractivity contribution in [2.45, 2.75) is 6.92 Å². The fraction of sp³-hybridized carbons (Fsp3) is 0.0833. The molecule has 2 rings (SSSR count). The first-order chi connectivity index (χ1) is 7.63. The minimum atomic E-state index is -0.272. The van der Waals surface area contributed by atoms with Crippen molar-refractivity contribution in [2.75, 3.05) is 11.1 Å². The van der Waals surface area contributed by atoms with Gasteiger partial charge in [0.1, 0.15) is 17.5 Å². The lowest BCUT2D eigenvalue weighted by atomic mass is 10.2. The fourth-order valence-corrected chi connectivity index (χ4v) is 1.48. The number of rotatable bonds is 2. The number of aromatic nitrogens is 1. The van der Waals surface area contributed by atoms with E-state index < -0.39 is 0 Å². The third kappa shape index (κ3) is 2.48. The lowest BCUT2D eigenvalue weighted by molar-refractivity contribution is 0.627. The summed E-state index contributed by atoms with van der Waals surface area (Å²) in [6.45, 7) is 1.83. The zero-order valence-corrected chi connectivity index (χ0v) is 8.87. The first-order valence-electron chi connectivity index (χ1n) is 4.90. The Balaban J connectivity index is 2.27. The lowest BCUT2D eigenvalue weighted by Crippen LogP contribution is -1.97. The maximum atomic E-state index is 13.1. The summed E-state index contributed by atoms with van der Waals surface area (Å²) in [7, 11) is 0. The average molecular weight is 217 g/mol. The summed E-state index contributed by atoms with van der Waals surface area (Å²) in [6, 6.07) is 9.99. The number of hydrogen-bond acceptors (Lipinski definition) is 3. The minimum Gasteiger partial charge on any atom is -0.384 e. The van der Waals surface area contributed by atoms with E-state index in [1.165, 1.54) is 12.1 Å². The van der Waals surface area contributed by atoms with Crippen molar-refractivity contribution >= 4 is 17.3 Å². The van der Waals surface area contributed by atoms with E-state index in [0.29, 0.717) is 17.3 Å². The summed E-state index contributed by atoms with van der Waals surface area (Å²) in [5, 5.41) is 3.00. The summed E-state index contributed by atoms with van der Waals surface area (Å²) in [4.78, 5) is 4.07. The number of nitrogens with one attached hydrogen (secondary N) is 1. The second-order valence-corrected chi connectivity index (χ2v) is 3.59. The van der Waals surface area contributed by atoms with Crippen molar-refractivity contribution in [1.29, 1.82) is 0 Å². The summed E-state index contributed by atoms with van der Waals surface area (Å²) in [6.07, 6.45) is 0. The molecular formula is C12H12FN3. The topological polar surface area (TPSA) is 50.9 Å². The smallest absolute Gasteiger partial charge is 0.132 e. The Bertz CT molecular complexity index is 491. The summed E-state index contributed by atoms with van der Waals surface area (Å²) >= 11 is 0. The molecule has 82 valence electrons. The van der Waals surface area contributed by atoms with Gasteiger partial charge in [0.15, 0.2) is 0 Å². The molecule has 2 aromatic rings. The van der Waals surface area contributed by atoms with Crippen molar-refractivity contribution in [3.8, 4) is 0 Å². The van der Waals surface area contributed by atoms with Crippen LogP contribution >= 0.6 is 0 Å². The Hall–Kier alpha value is -2.10. The molecule has 0 bridgehead atoms.